The first-order valence-corrected chi connectivity index (χ1v) is 11.5. The molecule has 0 spiro atoms. The van der Waals surface area contributed by atoms with E-state index in [1.807, 2.05) is 30.3 Å². The van der Waals surface area contributed by atoms with Gasteiger partial charge in [0.15, 0.2) is 5.11 Å². The van der Waals surface area contributed by atoms with E-state index in [2.05, 4.69) is 63.7 Å². The van der Waals surface area contributed by atoms with E-state index in [4.69, 9.17) is 17.3 Å². The Balaban J connectivity index is 1.21. The third-order valence-corrected chi connectivity index (χ3v) is 7.02. The van der Waals surface area contributed by atoms with Crippen LogP contribution in [-0.2, 0) is 7.05 Å². The second kappa shape index (κ2) is 8.81. The Bertz CT molecular complexity index is 1030. The summed E-state index contributed by atoms with van der Waals surface area (Å²) in [6.45, 7) is 3.17. The number of piperidine rings is 3. The normalized spacial score (nSPS) is 24.7. The van der Waals surface area contributed by atoms with Gasteiger partial charge in [-0.2, -0.15) is 5.10 Å². The first-order valence-electron chi connectivity index (χ1n) is 11.1. The zero-order chi connectivity index (χ0) is 21.2. The molecule has 2 aromatic carbocycles. The van der Waals surface area contributed by atoms with E-state index >= 15 is 0 Å². The molecule has 4 atom stereocenters. The first-order chi connectivity index (χ1) is 15.2. The van der Waals surface area contributed by atoms with Crippen molar-refractivity contribution in [1.29, 1.82) is 0 Å². The lowest BCUT2D eigenvalue weighted by molar-refractivity contribution is 0.0303. The zero-order valence-electron chi connectivity index (χ0n) is 17.9. The van der Waals surface area contributed by atoms with Gasteiger partial charge in [-0.3, -0.25) is 9.58 Å². The summed E-state index contributed by atoms with van der Waals surface area (Å²) in [5, 5.41) is 12.2. The summed E-state index contributed by atoms with van der Waals surface area (Å²) < 4.78 is 2.10. The van der Waals surface area contributed by atoms with E-state index in [0.717, 1.165) is 24.5 Å². The van der Waals surface area contributed by atoms with Crippen molar-refractivity contribution in [1.82, 2.24) is 20.0 Å². The zero-order valence-corrected chi connectivity index (χ0v) is 18.7. The van der Waals surface area contributed by atoms with Crippen LogP contribution in [0.4, 0.5) is 5.69 Å². The average molecular weight is 432 g/mol. The highest BCUT2D eigenvalue weighted by Gasteiger charge is 2.41. The van der Waals surface area contributed by atoms with E-state index in [0.29, 0.717) is 23.0 Å². The Labute approximate surface area is 189 Å². The lowest BCUT2D eigenvalue weighted by Crippen LogP contribution is -2.56. The van der Waals surface area contributed by atoms with Crippen molar-refractivity contribution in [3.05, 3.63) is 72.4 Å². The molecule has 1 unspecified atom stereocenters. The Morgan fingerprint density at radius 1 is 1.10 bits per heavy atom. The summed E-state index contributed by atoms with van der Waals surface area (Å²) in [6.07, 6.45) is 2.47. The minimum atomic E-state index is 0.535. The molecule has 4 heterocycles. The molecule has 2 N–H and O–H groups in total. The highest BCUT2D eigenvalue weighted by Crippen LogP contribution is 2.42. The molecule has 3 aromatic rings. The highest BCUT2D eigenvalue weighted by molar-refractivity contribution is 7.80. The lowest BCUT2D eigenvalue weighted by atomic mass is 9.74. The Morgan fingerprint density at radius 2 is 1.84 bits per heavy atom. The number of rotatable bonds is 5. The van der Waals surface area contributed by atoms with Crippen molar-refractivity contribution in [2.45, 2.75) is 24.8 Å². The Morgan fingerprint density at radius 3 is 2.55 bits per heavy atom. The molecule has 0 radical (unpaired) electrons. The number of benzene rings is 2. The largest absolute Gasteiger partial charge is 0.361 e. The fraction of sp³-hybridized carbons (Fsp3) is 0.360. The fourth-order valence-electron chi connectivity index (χ4n) is 5.17. The molecule has 6 heteroatoms. The summed E-state index contributed by atoms with van der Waals surface area (Å²) in [5.41, 5.74) is 4.65. The highest BCUT2D eigenvalue weighted by atomic mass is 32.1. The van der Waals surface area contributed by atoms with Crippen LogP contribution in [0.5, 0.6) is 0 Å². The van der Waals surface area contributed by atoms with E-state index in [1.165, 1.54) is 30.6 Å². The fourth-order valence-corrected chi connectivity index (χ4v) is 5.37. The lowest BCUT2D eigenvalue weighted by Gasteiger charge is -2.50. The second-order valence-corrected chi connectivity index (χ2v) is 9.09. The van der Waals surface area contributed by atoms with Gasteiger partial charge in [-0.05, 0) is 55.7 Å². The van der Waals surface area contributed by atoms with Crippen LogP contribution < -0.4 is 10.6 Å². The van der Waals surface area contributed by atoms with Crippen LogP contribution in [-0.4, -0.2) is 45.5 Å². The summed E-state index contributed by atoms with van der Waals surface area (Å²) in [5.74, 6) is 1.25. The van der Waals surface area contributed by atoms with Gasteiger partial charge in [-0.1, -0.05) is 48.5 Å². The maximum absolute atomic E-state index is 5.50. The van der Waals surface area contributed by atoms with Crippen molar-refractivity contribution in [2.24, 2.45) is 13.0 Å². The second-order valence-electron chi connectivity index (χ2n) is 8.68. The number of nitrogens with zero attached hydrogens (tertiary/aromatic N) is 3. The maximum Gasteiger partial charge on any atom is 0.170 e. The molecule has 3 aliphatic rings. The summed E-state index contributed by atoms with van der Waals surface area (Å²) in [4.78, 5) is 2.64. The number of anilines is 1. The summed E-state index contributed by atoms with van der Waals surface area (Å²) >= 11 is 5.50. The standard InChI is InChI=1S/C25H29N5S/c1-29-24(15-23(28-29)18-8-4-2-5-9-18)22-17-30-13-12-19(22)14-21(30)16-26-25(31)27-20-10-6-3-7-11-20/h2-11,15,19,21-22H,12-14,16-17H2,1H3,(H2,26,27,31)/t19-,21+,22-/m0/s1. The minimum Gasteiger partial charge on any atom is -0.361 e. The third-order valence-electron chi connectivity index (χ3n) is 6.77. The van der Waals surface area contributed by atoms with E-state index < -0.39 is 0 Å². The van der Waals surface area contributed by atoms with Gasteiger partial charge in [0, 0.05) is 49.0 Å². The van der Waals surface area contributed by atoms with Crippen molar-refractivity contribution in [3.8, 4) is 11.3 Å². The number of aromatic nitrogens is 2. The molecule has 6 rings (SSSR count). The van der Waals surface area contributed by atoms with Crippen molar-refractivity contribution < 1.29 is 0 Å². The SMILES string of the molecule is Cn1nc(-c2ccccc2)cc1[C@H]1CN2CC[C@H]1C[C@@H]2CNC(=S)Nc1ccccc1. The van der Waals surface area contributed by atoms with Crippen LogP contribution in [0, 0.1) is 5.92 Å². The third kappa shape index (κ3) is 4.36. The van der Waals surface area contributed by atoms with E-state index in [9.17, 15) is 0 Å². The first kappa shape index (κ1) is 20.2. The Hall–Kier alpha value is -2.70. The van der Waals surface area contributed by atoms with Gasteiger partial charge in [0.05, 0.1) is 5.69 Å². The molecular formula is C25H29N5S. The minimum absolute atomic E-state index is 0.535. The van der Waals surface area contributed by atoms with Gasteiger partial charge in [-0.25, -0.2) is 0 Å². The number of aryl methyl sites for hydroxylation is 1. The number of thiocarbonyl (C=S) groups is 1. The van der Waals surface area contributed by atoms with Crippen LogP contribution in [0.3, 0.4) is 0 Å². The summed E-state index contributed by atoms with van der Waals surface area (Å²) in [7, 11) is 2.09. The molecule has 0 amide bonds. The molecule has 3 fully saturated rings. The predicted molar refractivity (Wildman–Crippen MR) is 130 cm³/mol. The molecule has 160 valence electrons. The number of nitrogens with one attached hydrogen (secondary N) is 2. The number of hydrogen-bond acceptors (Lipinski definition) is 3. The van der Waals surface area contributed by atoms with Crippen molar-refractivity contribution in [3.63, 3.8) is 0 Å². The van der Waals surface area contributed by atoms with Gasteiger partial charge in [-0.15, -0.1) is 0 Å². The van der Waals surface area contributed by atoms with Gasteiger partial charge in [0.25, 0.3) is 0 Å². The maximum atomic E-state index is 5.50. The van der Waals surface area contributed by atoms with Crippen LogP contribution >= 0.6 is 12.2 Å². The average Bonchev–Trinajstić information content (AvgIpc) is 3.21. The van der Waals surface area contributed by atoms with Crippen molar-refractivity contribution >= 4 is 23.0 Å². The monoisotopic (exact) mass is 431 g/mol. The van der Waals surface area contributed by atoms with Gasteiger partial charge >= 0.3 is 0 Å². The molecule has 31 heavy (non-hydrogen) atoms. The predicted octanol–water partition coefficient (Wildman–Crippen LogP) is 4.25. The van der Waals surface area contributed by atoms with Crippen LogP contribution in [0.25, 0.3) is 11.3 Å². The molecular weight excluding hydrogens is 402 g/mol. The van der Waals surface area contributed by atoms with Gasteiger partial charge in [0.2, 0.25) is 0 Å². The molecule has 1 aromatic heterocycles. The molecule has 0 saturated carbocycles. The quantitative estimate of drug-likeness (QED) is 0.592. The summed E-state index contributed by atoms with van der Waals surface area (Å²) in [6, 6.07) is 23.4. The van der Waals surface area contributed by atoms with Crippen LogP contribution in [0.2, 0.25) is 0 Å². The number of fused-ring (bicyclic) bond motifs is 3. The number of hydrogen-bond donors (Lipinski definition) is 2. The van der Waals surface area contributed by atoms with Crippen molar-refractivity contribution in [2.75, 3.05) is 25.0 Å². The smallest absolute Gasteiger partial charge is 0.170 e. The Kier molecular flexibility index (Phi) is 5.74. The van der Waals surface area contributed by atoms with E-state index in [1.54, 1.807) is 0 Å². The van der Waals surface area contributed by atoms with Crippen LogP contribution in [0.15, 0.2) is 66.7 Å². The van der Waals surface area contributed by atoms with Crippen LogP contribution in [0.1, 0.15) is 24.5 Å². The molecule has 0 aliphatic carbocycles. The molecule has 3 aliphatic heterocycles. The van der Waals surface area contributed by atoms with Gasteiger partial charge in [0.1, 0.15) is 0 Å². The van der Waals surface area contributed by atoms with E-state index in [-0.39, 0.29) is 0 Å². The number of para-hydroxylation sites is 1. The molecule has 2 bridgehead atoms. The molecule has 5 nitrogen and oxygen atoms in total. The topological polar surface area (TPSA) is 45.1 Å². The van der Waals surface area contributed by atoms with Gasteiger partial charge < -0.3 is 10.6 Å². The molecule has 3 saturated heterocycles.